The number of anilines is 1. The molecule has 1 N–H and O–H groups in total. The van der Waals surface area contributed by atoms with Crippen LogP contribution in [0.4, 0.5) is 10.2 Å². The molecule has 2 heterocycles. The summed E-state index contributed by atoms with van der Waals surface area (Å²) in [4.78, 5) is 13.7. The van der Waals surface area contributed by atoms with E-state index in [2.05, 4.69) is 5.16 Å². The van der Waals surface area contributed by atoms with Gasteiger partial charge in [0, 0.05) is 18.7 Å². The molecule has 1 saturated heterocycles. The van der Waals surface area contributed by atoms with Crippen molar-refractivity contribution in [2.45, 2.75) is 25.7 Å². The summed E-state index contributed by atoms with van der Waals surface area (Å²) in [6.07, 6.45) is 4.23. The maximum atomic E-state index is 13.6. The van der Waals surface area contributed by atoms with E-state index in [9.17, 15) is 14.3 Å². The van der Waals surface area contributed by atoms with Crippen molar-refractivity contribution in [3.8, 4) is 17.1 Å². The minimum absolute atomic E-state index is 0.00515. The Morgan fingerprint density at radius 1 is 1.29 bits per heavy atom. The summed E-state index contributed by atoms with van der Waals surface area (Å²) in [5, 5.41) is 13.6. The van der Waals surface area contributed by atoms with E-state index >= 15 is 0 Å². The summed E-state index contributed by atoms with van der Waals surface area (Å²) in [5.74, 6) is -1.17. The van der Waals surface area contributed by atoms with Gasteiger partial charge < -0.3 is 19.3 Å². The smallest absolute Gasteiger partial charge is 0.343 e. The molecule has 0 spiro atoms. The molecule has 0 unspecified atom stereocenters. The zero-order valence-electron chi connectivity index (χ0n) is 13.4. The minimum Gasteiger partial charge on any atom is -0.494 e. The van der Waals surface area contributed by atoms with Gasteiger partial charge in [-0.2, -0.15) is 0 Å². The number of halogens is 1. The largest absolute Gasteiger partial charge is 0.494 e. The van der Waals surface area contributed by atoms with E-state index in [0.29, 0.717) is 11.4 Å². The fraction of sp³-hybridized carbons (Fsp3) is 0.412. The van der Waals surface area contributed by atoms with Crippen LogP contribution in [-0.4, -0.2) is 36.4 Å². The number of aromatic carboxylic acids is 1. The highest BCUT2D eigenvalue weighted by atomic mass is 19.1. The first-order chi connectivity index (χ1) is 11.6. The Morgan fingerprint density at radius 3 is 2.62 bits per heavy atom. The number of rotatable bonds is 4. The van der Waals surface area contributed by atoms with Crippen molar-refractivity contribution in [1.29, 1.82) is 0 Å². The van der Waals surface area contributed by atoms with Gasteiger partial charge in [0.15, 0.2) is 28.7 Å². The molecule has 2 aromatic rings. The molecule has 128 valence electrons. The van der Waals surface area contributed by atoms with Crippen LogP contribution < -0.4 is 9.64 Å². The van der Waals surface area contributed by atoms with Crippen LogP contribution in [0.15, 0.2) is 22.7 Å². The van der Waals surface area contributed by atoms with Crippen LogP contribution in [0.1, 0.15) is 36.0 Å². The van der Waals surface area contributed by atoms with Crippen LogP contribution >= 0.6 is 0 Å². The van der Waals surface area contributed by atoms with Crippen molar-refractivity contribution in [2.75, 3.05) is 25.1 Å². The van der Waals surface area contributed by atoms with Gasteiger partial charge in [-0.25, -0.2) is 9.18 Å². The number of carboxylic acid groups (broad SMARTS) is 1. The normalized spacial score (nSPS) is 15.2. The van der Waals surface area contributed by atoms with Crippen LogP contribution in [0.2, 0.25) is 0 Å². The van der Waals surface area contributed by atoms with Gasteiger partial charge in [0.05, 0.1) is 7.11 Å². The van der Waals surface area contributed by atoms with Crippen LogP contribution in [0.3, 0.4) is 0 Å². The lowest BCUT2D eigenvalue weighted by atomic mass is 10.1. The van der Waals surface area contributed by atoms with Gasteiger partial charge in [-0.15, -0.1) is 0 Å². The summed E-state index contributed by atoms with van der Waals surface area (Å²) < 4.78 is 23.9. The van der Waals surface area contributed by atoms with Gasteiger partial charge in [0.2, 0.25) is 0 Å². The third kappa shape index (κ3) is 3.06. The van der Waals surface area contributed by atoms with Crippen molar-refractivity contribution >= 4 is 11.8 Å². The molecule has 1 aromatic carbocycles. The van der Waals surface area contributed by atoms with Gasteiger partial charge in [-0.3, -0.25) is 0 Å². The Morgan fingerprint density at radius 2 is 2.00 bits per heavy atom. The maximum Gasteiger partial charge on any atom is 0.343 e. The average Bonchev–Trinajstić information content (AvgIpc) is 2.84. The summed E-state index contributed by atoms with van der Waals surface area (Å²) in [5.41, 5.74) is 0.421. The fourth-order valence-electron chi connectivity index (χ4n) is 2.97. The Hall–Kier alpha value is -2.57. The second kappa shape index (κ2) is 6.90. The molecular formula is C17H19FN2O4. The van der Waals surface area contributed by atoms with E-state index in [4.69, 9.17) is 9.26 Å². The van der Waals surface area contributed by atoms with Gasteiger partial charge >= 0.3 is 5.97 Å². The first-order valence-corrected chi connectivity index (χ1v) is 7.93. The van der Waals surface area contributed by atoms with Crippen LogP contribution in [-0.2, 0) is 0 Å². The van der Waals surface area contributed by atoms with Crippen molar-refractivity contribution in [3.05, 3.63) is 29.6 Å². The molecule has 1 aliphatic rings. The molecule has 0 radical (unpaired) electrons. The first kappa shape index (κ1) is 16.3. The highest BCUT2D eigenvalue weighted by Gasteiger charge is 2.28. The van der Waals surface area contributed by atoms with Crippen molar-refractivity contribution < 1.29 is 23.6 Å². The van der Waals surface area contributed by atoms with Gasteiger partial charge in [0.25, 0.3) is 0 Å². The topological polar surface area (TPSA) is 75.8 Å². The molecule has 24 heavy (non-hydrogen) atoms. The predicted octanol–water partition coefficient (Wildman–Crippen LogP) is 3.57. The molecule has 0 amide bonds. The molecule has 0 aliphatic carbocycles. The van der Waals surface area contributed by atoms with E-state index in [0.717, 1.165) is 38.8 Å². The fourth-order valence-corrected chi connectivity index (χ4v) is 2.97. The number of ether oxygens (including phenoxy) is 1. The number of nitrogens with zero attached hydrogens (tertiary/aromatic N) is 2. The Balaban J connectivity index is 2.04. The highest BCUT2D eigenvalue weighted by molar-refractivity contribution is 5.99. The number of aromatic nitrogens is 1. The zero-order chi connectivity index (χ0) is 17.1. The number of hydrogen-bond acceptors (Lipinski definition) is 5. The third-order valence-electron chi connectivity index (χ3n) is 4.21. The SMILES string of the molecule is COc1cc(-c2onc(N3CCCCCC3)c2C(=O)O)ccc1F. The van der Waals surface area contributed by atoms with E-state index in [1.165, 1.54) is 25.3 Å². The highest BCUT2D eigenvalue weighted by Crippen LogP contribution is 2.34. The molecule has 0 saturated carbocycles. The van der Waals surface area contributed by atoms with Crippen LogP contribution in [0.25, 0.3) is 11.3 Å². The molecule has 6 nitrogen and oxygen atoms in total. The molecule has 3 rings (SSSR count). The molecule has 1 fully saturated rings. The molecule has 7 heteroatoms. The number of benzene rings is 1. The lowest BCUT2D eigenvalue weighted by Gasteiger charge is -2.19. The third-order valence-corrected chi connectivity index (χ3v) is 4.21. The second-order valence-corrected chi connectivity index (χ2v) is 5.77. The molecule has 0 bridgehead atoms. The number of methoxy groups -OCH3 is 1. The van der Waals surface area contributed by atoms with Crippen LogP contribution in [0, 0.1) is 5.82 Å². The lowest BCUT2D eigenvalue weighted by molar-refractivity contribution is 0.0698. The van der Waals surface area contributed by atoms with E-state index in [1.54, 1.807) is 0 Å². The molecule has 0 atom stereocenters. The summed E-state index contributed by atoms with van der Waals surface area (Å²) >= 11 is 0. The average molecular weight is 334 g/mol. The summed E-state index contributed by atoms with van der Waals surface area (Å²) in [7, 11) is 1.35. The lowest BCUT2D eigenvalue weighted by Crippen LogP contribution is -2.26. The Kier molecular flexibility index (Phi) is 4.69. The van der Waals surface area contributed by atoms with E-state index in [-0.39, 0.29) is 17.1 Å². The first-order valence-electron chi connectivity index (χ1n) is 7.93. The van der Waals surface area contributed by atoms with Crippen molar-refractivity contribution in [3.63, 3.8) is 0 Å². The summed E-state index contributed by atoms with van der Waals surface area (Å²) in [6.45, 7) is 1.50. The van der Waals surface area contributed by atoms with Crippen molar-refractivity contribution in [1.82, 2.24) is 5.16 Å². The maximum absolute atomic E-state index is 13.6. The van der Waals surface area contributed by atoms with Crippen LogP contribution in [0.5, 0.6) is 5.75 Å². The minimum atomic E-state index is -1.12. The number of carbonyl (C=O) groups is 1. The predicted molar refractivity (Wildman–Crippen MR) is 86.1 cm³/mol. The number of hydrogen-bond donors (Lipinski definition) is 1. The zero-order valence-corrected chi connectivity index (χ0v) is 13.4. The van der Waals surface area contributed by atoms with Gasteiger partial charge in [-0.05, 0) is 31.0 Å². The molecule has 1 aromatic heterocycles. The Bertz CT molecular complexity index is 736. The Labute approximate surface area is 138 Å². The van der Waals surface area contributed by atoms with Gasteiger partial charge in [-0.1, -0.05) is 18.0 Å². The summed E-state index contributed by atoms with van der Waals surface area (Å²) in [6, 6.07) is 4.08. The molecule has 1 aliphatic heterocycles. The van der Waals surface area contributed by atoms with E-state index < -0.39 is 11.8 Å². The van der Waals surface area contributed by atoms with Gasteiger partial charge in [0.1, 0.15) is 0 Å². The van der Waals surface area contributed by atoms with E-state index in [1.807, 2.05) is 4.90 Å². The monoisotopic (exact) mass is 334 g/mol. The number of carboxylic acids is 1. The standard InChI is InChI=1S/C17H19FN2O4/c1-23-13-10-11(6-7-12(13)18)15-14(17(21)22)16(19-24-15)20-8-4-2-3-5-9-20/h6-7,10H,2-5,8-9H2,1H3,(H,21,22). The quantitative estimate of drug-likeness (QED) is 0.921. The van der Waals surface area contributed by atoms with Crippen molar-refractivity contribution in [2.24, 2.45) is 0 Å². The molecular weight excluding hydrogens is 315 g/mol. The second-order valence-electron chi connectivity index (χ2n) is 5.77.